The number of aryl methyl sites for hydroxylation is 1. The number of H-pyrrole nitrogens is 2. The fourth-order valence-corrected chi connectivity index (χ4v) is 3.97. The van der Waals surface area contributed by atoms with Crippen LogP contribution in [0.3, 0.4) is 0 Å². The average Bonchev–Trinajstić information content (AvgIpc) is 3.44. The van der Waals surface area contributed by atoms with Crippen LogP contribution in [-0.2, 0) is 0 Å². The van der Waals surface area contributed by atoms with Gasteiger partial charge < -0.3 is 4.98 Å². The largest absolute Gasteiger partial charge is 0.321 e. The summed E-state index contributed by atoms with van der Waals surface area (Å²) in [6.07, 6.45) is 6.34. The third-order valence-electron chi connectivity index (χ3n) is 5.60. The number of fused-ring (bicyclic) bond motifs is 2. The SMILES string of the molecule is Cc1ccncc1-c1cnc2[nH]nc(-c3nc4c(-c5cccc(F)c5)ccnc4[nH]3)c2c1F. The number of aromatic amines is 2. The first-order valence-electron chi connectivity index (χ1n) is 10.1. The Kier molecular flexibility index (Phi) is 4.22. The first kappa shape index (κ1) is 19.2. The Bertz CT molecular complexity index is 1670. The zero-order valence-corrected chi connectivity index (χ0v) is 17.3. The summed E-state index contributed by atoms with van der Waals surface area (Å²) in [5.41, 5.74) is 4.80. The van der Waals surface area contributed by atoms with Gasteiger partial charge >= 0.3 is 0 Å². The maximum absolute atomic E-state index is 15.7. The molecule has 0 spiro atoms. The van der Waals surface area contributed by atoms with Crippen LogP contribution in [0.4, 0.5) is 8.78 Å². The molecule has 0 aliphatic carbocycles. The van der Waals surface area contributed by atoms with Crippen molar-refractivity contribution in [3.63, 3.8) is 0 Å². The molecule has 0 saturated carbocycles. The van der Waals surface area contributed by atoms with E-state index in [-0.39, 0.29) is 16.9 Å². The van der Waals surface area contributed by atoms with E-state index in [2.05, 4.69) is 35.1 Å². The van der Waals surface area contributed by atoms with E-state index < -0.39 is 5.82 Å². The third kappa shape index (κ3) is 3.05. The van der Waals surface area contributed by atoms with Gasteiger partial charge in [-0.25, -0.2) is 23.7 Å². The maximum Gasteiger partial charge on any atom is 0.161 e. The first-order valence-corrected chi connectivity index (χ1v) is 10.1. The summed E-state index contributed by atoms with van der Waals surface area (Å²) in [4.78, 5) is 20.5. The number of nitrogens with zero attached hydrogens (tertiary/aromatic N) is 5. The lowest BCUT2D eigenvalue weighted by Crippen LogP contribution is -1.93. The Balaban J connectivity index is 1.56. The van der Waals surface area contributed by atoms with Crippen LogP contribution in [0.15, 0.2) is 61.2 Å². The number of hydrogen-bond acceptors (Lipinski definition) is 5. The number of aromatic nitrogens is 7. The molecule has 160 valence electrons. The summed E-state index contributed by atoms with van der Waals surface area (Å²) in [5, 5.41) is 7.25. The molecule has 5 aromatic heterocycles. The molecule has 9 heteroatoms. The predicted octanol–water partition coefficient (Wildman–Crippen LogP) is 5.21. The highest BCUT2D eigenvalue weighted by molar-refractivity contribution is 5.96. The highest BCUT2D eigenvalue weighted by atomic mass is 19.1. The minimum atomic E-state index is -0.474. The lowest BCUT2D eigenvalue weighted by Gasteiger charge is -2.06. The van der Waals surface area contributed by atoms with Crippen LogP contribution in [-0.4, -0.2) is 35.1 Å². The second-order valence-corrected chi connectivity index (χ2v) is 7.62. The molecule has 7 nitrogen and oxygen atoms in total. The summed E-state index contributed by atoms with van der Waals surface area (Å²) >= 11 is 0. The molecule has 0 saturated heterocycles. The Labute approximate surface area is 185 Å². The minimum Gasteiger partial charge on any atom is -0.321 e. The Morgan fingerprint density at radius 2 is 1.79 bits per heavy atom. The monoisotopic (exact) mass is 439 g/mol. The van der Waals surface area contributed by atoms with Gasteiger partial charge in [0.25, 0.3) is 0 Å². The van der Waals surface area contributed by atoms with Crippen molar-refractivity contribution < 1.29 is 8.78 Å². The Morgan fingerprint density at radius 3 is 2.64 bits per heavy atom. The zero-order valence-electron chi connectivity index (χ0n) is 17.3. The lowest BCUT2D eigenvalue weighted by molar-refractivity contribution is 0.628. The van der Waals surface area contributed by atoms with Gasteiger partial charge in [0.2, 0.25) is 0 Å². The molecule has 0 aliphatic rings. The van der Waals surface area contributed by atoms with E-state index in [9.17, 15) is 4.39 Å². The van der Waals surface area contributed by atoms with Gasteiger partial charge in [0.15, 0.2) is 17.1 Å². The standard InChI is InChI=1S/C24H15F2N7/c1-12-5-7-27-10-16(12)17-11-29-22-18(19(17)26)21(32-33-22)24-30-20-15(6-8-28-23(20)31-24)13-3-2-4-14(25)9-13/h2-11H,1H3,(H,28,30,31)(H,29,32,33). The van der Waals surface area contributed by atoms with Gasteiger partial charge in [-0.15, -0.1) is 0 Å². The van der Waals surface area contributed by atoms with Crippen molar-refractivity contribution in [2.75, 3.05) is 0 Å². The molecule has 6 rings (SSSR count). The summed E-state index contributed by atoms with van der Waals surface area (Å²) in [7, 11) is 0. The summed E-state index contributed by atoms with van der Waals surface area (Å²) < 4.78 is 29.5. The third-order valence-corrected chi connectivity index (χ3v) is 5.60. The average molecular weight is 439 g/mol. The molecule has 0 fully saturated rings. The first-order chi connectivity index (χ1) is 16.1. The molecule has 0 radical (unpaired) electrons. The molecule has 1 aromatic carbocycles. The molecule has 5 heterocycles. The highest BCUT2D eigenvalue weighted by Crippen LogP contribution is 2.34. The van der Waals surface area contributed by atoms with Crippen LogP contribution in [0.1, 0.15) is 5.56 Å². The molecular weight excluding hydrogens is 424 g/mol. The van der Waals surface area contributed by atoms with Crippen molar-refractivity contribution in [3.8, 4) is 33.8 Å². The molecule has 6 aromatic rings. The van der Waals surface area contributed by atoms with Gasteiger partial charge in [-0.2, -0.15) is 5.10 Å². The number of pyridine rings is 3. The quantitative estimate of drug-likeness (QED) is 0.395. The second-order valence-electron chi connectivity index (χ2n) is 7.62. The Morgan fingerprint density at radius 1 is 0.879 bits per heavy atom. The van der Waals surface area contributed by atoms with E-state index in [1.54, 1.807) is 36.8 Å². The summed E-state index contributed by atoms with van der Waals surface area (Å²) in [6.45, 7) is 1.88. The molecule has 0 bridgehead atoms. The number of imidazole rings is 1. The fraction of sp³-hybridized carbons (Fsp3) is 0.0417. The van der Waals surface area contributed by atoms with E-state index in [0.717, 1.165) is 5.56 Å². The highest BCUT2D eigenvalue weighted by Gasteiger charge is 2.22. The molecule has 33 heavy (non-hydrogen) atoms. The lowest BCUT2D eigenvalue weighted by atomic mass is 10.0. The van der Waals surface area contributed by atoms with E-state index in [4.69, 9.17) is 0 Å². The van der Waals surface area contributed by atoms with Gasteiger partial charge in [0, 0.05) is 41.5 Å². The van der Waals surface area contributed by atoms with Crippen molar-refractivity contribution >= 4 is 22.2 Å². The molecular formula is C24H15F2N7. The maximum atomic E-state index is 15.7. The van der Waals surface area contributed by atoms with Gasteiger partial charge in [-0.05, 0) is 42.3 Å². The molecule has 0 amide bonds. The van der Waals surface area contributed by atoms with Crippen LogP contribution >= 0.6 is 0 Å². The number of nitrogens with one attached hydrogen (secondary N) is 2. The van der Waals surface area contributed by atoms with Gasteiger partial charge in [0.1, 0.15) is 22.8 Å². The summed E-state index contributed by atoms with van der Waals surface area (Å²) in [5.74, 6) is -0.495. The van der Waals surface area contributed by atoms with E-state index >= 15 is 4.39 Å². The van der Waals surface area contributed by atoms with Crippen molar-refractivity contribution in [2.45, 2.75) is 6.92 Å². The minimum absolute atomic E-state index is 0.210. The van der Waals surface area contributed by atoms with Crippen LogP contribution in [0, 0.1) is 18.6 Å². The number of benzene rings is 1. The summed E-state index contributed by atoms with van der Waals surface area (Å²) in [6, 6.07) is 9.81. The van der Waals surface area contributed by atoms with Crippen molar-refractivity contribution in [3.05, 3.63) is 78.4 Å². The van der Waals surface area contributed by atoms with Crippen molar-refractivity contribution in [1.82, 2.24) is 35.1 Å². The van der Waals surface area contributed by atoms with Gasteiger partial charge in [-0.1, -0.05) is 12.1 Å². The predicted molar refractivity (Wildman–Crippen MR) is 120 cm³/mol. The van der Waals surface area contributed by atoms with Crippen LogP contribution in [0.5, 0.6) is 0 Å². The zero-order chi connectivity index (χ0) is 22.5. The van der Waals surface area contributed by atoms with E-state index in [1.807, 2.05) is 13.0 Å². The van der Waals surface area contributed by atoms with Crippen LogP contribution in [0.25, 0.3) is 56.0 Å². The van der Waals surface area contributed by atoms with E-state index in [1.165, 1.54) is 18.3 Å². The topological polar surface area (TPSA) is 96.0 Å². The van der Waals surface area contributed by atoms with Crippen LogP contribution < -0.4 is 0 Å². The number of rotatable bonds is 3. The smallest absolute Gasteiger partial charge is 0.161 e. The number of hydrogen-bond donors (Lipinski definition) is 2. The van der Waals surface area contributed by atoms with E-state index in [0.29, 0.717) is 44.9 Å². The second kappa shape index (κ2) is 7.27. The van der Waals surface area contributed by atoms with Gasteiger partial charge in [-0.3, -0.25) is 10.1 Å². The molecule has 0 atom stereocenters. The van der Waals surface area contributed by atoms with Crippen molar-refractivity contribution in [2.24, 2.45) is 0 Å². The molecule has 0 aliphatic heterocycles. The molecule has 2 N–H and O–H groups in total. The Hall–Kier alpha value is -4.53. The van der Waals surface area contributed by atoms with Crippen LogP contribution in [0.2, 0.25) is 0 Å². The number of halogens is 2. The van der Waals surface area contributed by atoms with Gasteiger partial charge in [0.05, 0.1) is 5.39 Å². The van der Waals surface area contributed by atoms with Crippen molar-refractivity contribution in [1.29, 1.82) is 0 Å². The fourth-order valence-electron chi connectivity index (χ4n) is 3.97. The molecule has 0 unspecified atom stereocenters. The normalized spacial score (nSPS) is 11.5.